The second kappa shape index (κ2) is 15.1. The largest absolute Gasteiger partial charge is 0.386 e. The van der Waals surface area contributed by atoms with E-state index in [2.05, 4.69) is 86.1 Å². The molecule has 3 aliphatic carbocycles. The number of nitrogens with zero attached hydrogens (tertiary/aromatic N) is 1. The summed E-state index contributed by atoms with van der Waals surface area (Å²) in [5, 5.41) is 15.4. The third-order valence-electron chi connectivity index (χ3n) is 9.89. The summed E-state index contributed by atoms with van der Waals surface area (Å²) >= 11 is 0. The van der Waals surface area contributed by atoms with E-state index in [0.29, 0.717) is 6.42 Å². The number of nitrogens with one attached hydrogen (secondary N) is 1. The molecular weight excluding hydrogens is 564 g/mol. The average Bonchev–Trinajstić information content (AvgIpc) is 3.60. The number of carbonyl (C=O) groups excluding carboxylic acids is 1. The van der Waals surface area contributed by atoms with Crippen LogP contribution in [0.3, 0.4) is 0 Å². The Kier molecular flexibility index (Phi) is 11.2. The molecule has 4 nitrogen and oxygen atoms in total. The van der Waals surface area contributed by atoms with E-state index in [-0.39, 0.29) is 18.7 Å². The molecular formula is C42H57N2O2. The van der Waals surface area contributed by atoms with Crippen LogP contribution in [-0.4, -0.2) is 41.5 Å². The summed E-state index contributed by atoms with van der Waals surface area (Å²) in [6.45, 7) is 17.9. The van der Waals surface area contributed by atoms with Crippen molar-refractivity contribution in [2.24, 2.45) is 0 Å². The highest BCUT2D eigenvalue weighted by Gasteiger charge is 2.34. The van der Waals surface area contributed by atoms with E-state index >= 15 is 0 Å². The first-order valence-corrected chi connectivity index (χ1v) is 17.8. The van der Waals surface area contributed by atoms with Crippen molar-refractivity contribution in [3.8, 4) is 0 Å². The van der Waals surface area contributed by atoms with Gasteiger partial charge in [0.25, 0.3) is 0 Å². The monoisotopic (exact) mass is 621 g/mol. The fraction of sp³-hybridized carbons (Fsp3) is 0.476. The van der Waals surface area contributed by atoms with Crippen LogP contribution in [0.1, 0.15) is 133 Å². The lowest BCUT2D eigenvalue weighted by atomic mass is 9.81. The van der Waals surface area contributed by atoms with Crippen LogP contribution in [0, 0.1) is 5.92 Å². The zero-order valence-corrected chi connectivity index (χ0v) is 28.9. The van der Waals surface area contributed by atoms with E-state index in [4.69, 9.17) is 0 Å². The van der Waals surface area contributed by atoms with E-state index in [0.717, 1.165) is 75.0 Å². The minimum atomic E-state index is -0.630. The van der Waals surface area contributed by atoms with Gasteiger partial charge < -0.3 is 15.3 Å². The number of unbranched alkanes of at least 4 members (excludes halogenated alkanes) is 2. The summed E-state index contributed by atoms with van der Waals surface area (Å²) < 4.78 is 0. The van der Waals surface area contributed by atoms with E-state index in [1.165, 1.54) is 52.2 Å². The molecule has 2 N–H and O–H groups in total. The van der Waals surface area contributed by atoms with Crippen LogP contribution in [0.2, 0.25) is 0 Å². The normalized spacial score (nSPS) is 18.4. The molecule has 1 heterocycles. The maximum atomic E-state index is 12.7. The fourth-order valence-electron chi connectivity index (χ4n) is 6.97. The van der Waals surface area contributed by atoms with Gasteiger partial charge in [-0.05, 0) is 108 Å². The molecule has 1 radical (unpaired) electrons. The summed E-state index contributed by atoms with van der Waals surface area (Å²) in [4.78, 5) is 15.2. The molecule has 4 heteroatoms. The molecule has 0 bridgehead atoms. The quantitative estimate of drug-likeness (QED) is 0.173. The van der Waals surface area contributed by atoms with Gasteiger partial charge in [-0.25, -0.2) is 0 Å². The van der Waals surface area contributed by atoms with Gasteiger partial charge in [0, 0.05) is 31.6 Å². The first kappa shape index (κ1) is 34.1. The number of hydrogen-bond donors (Lipinski definition) is 2. The number of likely N-dealkylation sites (tertiary alicyclic amines) is 1. The summed E-state index contributed by atoms with van der Waals surface area (Å²) in [6.07, 6.45) is 15.1. The number of ketones is 1. The van der Waals surface area contributed by atoms with Crippen LogP contribution in [0.25, 0.3) is 11.1 Å². The Labute approximate surface area is 279 Å². The SMILES string of the molecule is C=C(CCCCCC(=O)c1ccc(C(C)(C)C)cc1)NC(CN1CCCC1)[C@@H](O)c1ccc2c(c1)C1=C(C=C1)CC[C]1C=C12.CC.[HH]. The Morgan fingerprint density at radius 1 is 0.957 bits per heavy atom. The lowest BCUT2D eigenvalue weighted by Gasteiger charge is -2.31. The lowest BCUT2D eigenvalue weighted by Crippen LogP contribution is -2.43. The number of aliphatic hydroxyl groups is 1. The van der Waals surface area contributed by atoms with Gasteiger partial charge >= 0.3 is 0 Å². The van der Waals surface area contributed by atoms with Crippen molar-refractivity contribution in [2.45, 2.75) is 110 Å². The number of aliphatic hydroxyl groups excluding tert-OH is 1. The summed E-state index contributed by atoms with van der Waals surface area (Å²) in [5.41, 5.74) is 10.8. The number of benzene rings is 2. The van der Waals surface area contributed by atoms with Crippen LogP contribution < -0.4 is 5.32 Å². The Bertz CT molecular complexity index is 1490. The van der Waals surface area contributed by atoms with Gasteiger partial charge in [0.1, 0.15) is 6.10 Å². The topological polar surface area (TPSA) is 52.6 Å². The molecule has 46 heavy (non-hydrogen) atoms. The molecule has 0 amide bonds. The van der Waals surface area contributed by atoms with Gasteiger partial charge in [0.15, 0.2) is 5.78 Å². The molecule has 0 saturated carbocycles. The predicted molar refractivity (Wildman–Crippen MR) is 196 cm³/mol. The van der Waals surface area contributed by atoms with Gasteiger partial charge in [0.2, 0.25) is 0 Å². The molecule has 2 aromatic carbocycles. The van der Waals surface area contributed by atoms with Gasteiger partial charge in [-0.1, -0.05) is 102 Å². The lowest BCUT2D eigenvalue weighted by molar-refractivity contribution is 0.0978. The molecule has 0 spiro atoms. The van der Waals surface area contributed by atoms with Gasteiger partial charge in [0.05, 0.1) is 6.04 Å². The molecule has 1 aliphatic heterocycles. The molecule has 247 valence electrons. The molecule has 1 unspecified atom stereocenters. The molecule has 1 fully saturated rings. The Morgan fingerprint density at radius 3 is 2.35 bits per heavy atom. The van der Waals surface area contributed by atoms with Crippen LogP contribution in [0.5, 0.6) is 0 Å². The van der Waals surface area contributed by atoms with Crippen LogP contribution in [-0.2, 0) is 5.41 Å². The highest BCUT2D eigenvalue weighted by atomic mass is 16.3. The number of carbonyl (C=O) groups is 1. The number of allylic oxidation sites excluding steroid dienone is 7. The molecule has 2 atom stereocenters. The van der Waals surface area contributed by atoms with Crippen molar-refractivity contribution < 1.29 is 11.3 Å². The summed E-state index contributed by atoms with van der Waals surface area (Å²) in [7, 11) is 0. The van der Waals surface area contributed by atoms with E-state index in [1.54, 1.807) is 0 Å². The number of rotatable bonds is 13. The predicted octanol–water partition coefficient (Wildman–Crippen LogP) is 9.78. The molecule has 2 aromatic rings. The van der Waals surface area contributed by atoms with Crippen molar-refractivity contribution in [3.05, 3.63) is 112 Å². The second-order valence-electron chi connectivity index (χ2n) is 14.3. The Balaban J connectivity index is 0.00000164. The number of fused-ring (bicyclic) bond motifs is 4. The standard InChI is InChI=1S/C40H49N2O2.C2H6.H2/c1-27(10-6-5-7-11-38(43)29-14-18-32(19-15-29)40(2,3)4)41-37(26-42-22-8-9-23-42)39(44)31-17-21-34-35-24-30(35)13-12-28-16-20-33(28)36(34)25-31;1-2;/h14-21,24-25,37,39,41,44H,1,5-13,22-23,26H2,2-4H3;1-2H3;1H/t37?,39-;;/m0../s1. The van der Waals surface area contributed by atoms with E-state index in [9.17, 15) is 9.90 Å². The minimum absolute atomic E-state index is 0. The highest BCUT2D eigenvalue weighted by molar-refractivity contribution is 6.01. The zero-order chi connectivity index (χ0) is 32.8. The van der Waals surface area contributed by atoms with Gasteiger partial charge in [-0.3, -0.25) is 4.79 Å². The first-order valence-electron chi connectivity index (χ1n) is 17.8. The van der Waals surface area contributed by atoms with Crippen molar-refractivity contribution in [1.82, 2.24) is 10.2 Å². The Morgan fingerprint density at radius 2 is 1.67 bits per heavy atom. The maximum absolute atomic E-state index is 12.7. The third kappa shape index (κ3) is 8.19. The van der Waals surface area contributed by atoms with Gasteiger partial charge in [-0.2, -0.15) is 0 Å². The van der Waals surface area contributed by atoms with Gasteiger partial charge in [-0.15, -0.1) is 0 Å². The van der Waals surface area contributed by atoms with Crippen molar-refractivity contribution >= 4 is 16.9 Å². The smallest absolute Gasteiger partial charge is 0.162 e. The van der Waals surface area contributed by atoms with Crippen molar-refractivity contribution in [3.63, 3.8) is 0 Å². The second-order valence-corrected chi connectivity index (χ2v) is 14.3. The number of hydrogen-bond acceptors (Lipinski definition) is 4. The van der Waals surface area contributed by atoms with Crippen LogP contribution in [0.15, 0.2) is 78.5 Å². The van der Waals surface area contributed by atoms with E-state index < -0.39 is 6.10 Å². The van der Waals surface area contributed by atoms with E-state index in [1.807, 2.05) is 26.0 Å². The first-order chi connectivity index (χ1) is 22.2. The summed E-state index contributed by atoms with van der Waals surface area (Å²) in [5.74, 6) is 1.70. The fourth-order valence-corrected chi connectivity index (χ4v) is 6.97. The Hall–Kier alpha value is -3.21. The average molecular weight is 622 g/mol. The summed E-state index contributed by atoms with van der Waals surface area (Å²) in [6, 6.07) is 14.6. The van der Waals surface area contributed by atoms with Crippen LogP contribution >= 0.6 is 0 Å². The molecule has 0 aromatic heterocycles. The third-order valence-corrected chi connectivity index (χ3v) is 9.89. The molecule has 6 rings (SSSR count). The molecule has 1 saturated heterocycles. The number of Topliss-reactive ketones (excluding diaryl/α,β-unsaturated/α-hetero) is 1. The molecule has 4 aliphatic rings. The highest BCUT2D eigenvalue weighted by Crippen LogP contribution is 2.51. The van der Waals surface area contributed by atoms with Crippen molar-refractivity contribution in [1.29, 1.82) is 0 Å². The van der Waals surface area contributed by atoms with Crippen molar-refractivity contribution in [2.75, 3.05) is 19.6 Å². The maximum Gasteiger partial charge on any atom is 0.162 e. The van der Waals surface area contributed by atoms with Crippen LogP contribution in [0.4, 0.5) is 0 Å². The zero-order valence-electron chi connectivity index (χ0n) is 28.9. The minimum Gasteiger partial charge on any atom is -0.386 e.